The van der Waals surface area contributed by atoms with Crippen LogP contribution in [0.2, 0.25) is 0 Å². The summed E-state index contributed by atoms with van der Waals surface area (Å²) in [6.07, 6.45) is 1.99. The molecule has 7 nitrogen and oxygen atoms in total. The number of halogens is 1. The summed E-state index contributed by atoms with van der Waals surface area (Å²) in [5.41, 5.74) is 2.07. The standard InChI is InChI=1S/C26H32FN3O4S2/c1-2-20-6-11-23-24(19-20)35-26(28-23)30(13-4-12-29-14-16-34-17-15-29)25(31)5-3-18-36(32,33)22-9-7-21(27)8-10-22/h6-11,19H,2-5,12-18H2,1H3. The molecule has 0 radical (unpaired) electrons. The van der Waals surface area contributed by atoms with Crippen LogP contribution < -0.4 is 4.90 Å². The Kier molecular flexibility index (Phi) is 9.05. The van der Waals surface area contributed by atoms with Gasteiger partial charge in [0.15, 0.2) is 15.0 Å². The molecule has 0 N–H and O–H groups in total. The Bertz CT molecular complexity index is 1270. The SMILES string of the molecule is CCc1ccc2nc(N(CCCN3CCOCC3)C(=O)CCCS(=O)(=O)c3ccc(F)cc3)sc2c1. The molecule has 0 atom stereocenters. The molecular weight excluding hydrogens is 501 g/mol. The van der Waals surface area contributed by atoms with Crippen molar-refractivity contribution in [3.05, 3.63) is 53.8 Å². The molecule has 1 aromatic heterocycles. The van der Waals surface area contributed by atoms with Gasteiger partial charge in [0.25, 0.3) is 0 Å². The summed E-state index contributed by atoms with van der Waals surface area (Å²) in [6, 6.07) is 10.9. The van der Waals surface area contributed by atoms with Crippen LogP contribution in [0.15, 0.2) is 47.4 Å². The first-order valence-electron chi connectivity index (χ1n) is 12.3. The number of anilines is 1. The number of rotatable bonds is 11. The number of hydrogen-bond donors (Lipinski definition) is 0. The lowest BCUT2D eigenvalue weighted by Gasteiger charge is -2.27. The highest BCUT2D eigenvalue weighted by Crippen LogP contribution is 2.30. The van der Waals surface area contributed by atoms with Gasteiger partial charge in [-0.2, -0.15) is 0 Å². The maximum Gasteiger partial charge on any atom is 0.228 e. The number of ether oxygens (including phenoxy) is 1. The molecule has 1 fully saturated rings. The molecule has 0 saturated carbocycles. The Morgan fingerprint density at radius 1 is 1.14 bits per heavy atom. The van der Waals surface area contributed by atoms with Crippen molar-refractivity contribution in [2.45, 2.75) is 37.5 Å². The van der Waals surface area contributed by atoms with Crippen molar-refractivity contribution in [3.8, 4) is 0 Å². The van der Waals surface area contributed by atoms with Crippen molar-refractivity contribution in [2.24, 2.45) is 0 Å². The van der Waals surface area contributed by atoms with Gasteiger partial charge in [0.2, 0.25) is 5.91 Å². The highest BCUT2D eigenvalue weighted by atomic mass is 32.2. The summed E-state index contributed by atoms with van der Waals surface area (Å²) in [5.74, 6) is -0.800. The summed E-state index contributed by atoms with van der Waals surface area (Å²) < 4.78 is 44.8. The van der Waals surface area contributed by atoms with Gasteiger partial charge in [-0.15, -0.1) is 0 Å². The monoisotopic (exact) mass is 533 g/mol. The number of thiazole rings is 1. The zero-order valence-electron chi connectivity index (χ0n) is 20.5. The van der Waals surface area contributed by atoms with E-state index in [0.717, 1.165) is 68.0 Å². The number of carbonyl (C=O) groups is 1. The second kappa shape index (κ2) is 12.2. The molecular formula is C26H32FN3O4S2. The lowest BCUT2D eigenvalue weighted by Crippen LogP contribution is -2.39. The van der Waals surface area contributed by atoms with E-state index in [9.17, 15) is 17.6 Å². The number of nitrogens with zero attached hydrogens (tertiary/aromatic N) is 3. The molecule has 1 saturated heterocycles. The average Bonchev–Trinajstić information content (AvgIpc) is 3.30. The Morgan fingerprint density at radius 3 is 2.61 bits per heavy atom. The summed E-state index contributed by atoms with van der Waals surface area (Å²) >= 11 is 1.49. The van der Waals surface area contributed by atoms with Crippen molar-refractivity contribution < 1.29 is 22.3 Å². The third-order valence-corrected chi connectivity index (χ3v) is 9.18. The Morgan fingerprint density at radius 2 is 1.89 bits per heavy atom. The topological polar surface area (TPSA) is 79.8 Å². The molecule has 0 aliphatic carbocycles. The lowest BCUT2D eigenvalue weighted by molar-refractivity contribution is -0.118. The Balaban J connectivity index is 1.44. The Hall–Kier alpha value is -2.40. The van der Waals surface area contributed by atoms with Crippen LogP contribution in [0, 0.1) is 5.82 Å². The number of sulfone groups is 1. The molecule has 0 bridgehead atoms. The largest absolute Gasteiger partial charge is 0.379 e. The molecule has 10 heteroatoms. The normalized spacial score (nSPS) is 14.8. The van der Waals surface area contributed by atoms with Gasteiger partial charge in [-0.25, -0.2) is 17.8 Å². The van der Waals surface area contributed by atoms with Crippen LogP contribution in [-0.2, 0) is 25.8 Å². The highest BCUT2D eigenvalue weighted by molar-refractivity contribution is 7.91. The van der Waals surface area contributed by atoms with Crippen LogP contribution in [-0.4, -0.2) is 69.4 Å². The van der Waals surface area contributed by atoms with Gasteiger partial charge in [0.05, 0.1) is 34.1 Å². The van der Waals surface area contributed by atoms with Gasteiger partial charge in [-0.05, 0) is 61.2 Å². The van der Waals surface area contributed by atoms with Crippen LogP contribution >= 0.6 is 11.3 Å². The fourth-order valence-corrected chi connectivity index (χ4v) is 6.59. The predicted octanol–water partition coefficient (Wildman–Crippen LogP) is 4.31. The zero-order chi connectivity index (χ0) is 25.5. The van der Waals surface area contributed by atoms with E-state index >= 15 is 0 Å². The van der Waals surface area contributed by atoms with Gasteiger partial charge in [-0.3, -0.25) is 14.6 Å². The molecule has 36 heavy (non-hydrogen) atoms. The minimum Gasteiger partial charge on any atom is -0.379 e. The average molecular weight is 534 g/mol. The van der Waals surface area contributed by atoms with Crippen LogP contribution in [0.25, 0.3) is 10.2 Å². The van der Waals surface area contributed by atoms with E-state index in [1.54, 1.807) is 4.90 Å². The molecule has 1 aliphatic rings. The van der Waals surface area contributed by atoms with Crippen molar-refractivity contribution in [1.82, 2.24) is 9.88 Å². The van der Waals surface area contributed by atoms with Crippen molar-refractivity contribution in [2.75, 3.05) is 50.0 Å². The third-order valence-electron chi connectivity index (χ3n) is 6.32. The van der Waals surface area contributed by atoms with Gasteiger partial charge in [-0.1, -0.05) is 24.3 Å². The number of morpholine rings is 1. The minimum absolute atomic E-state index is 0.0663. The quantitative estimate of drug-likeness (QED) is 0.342. The van der Waals surface area contributed by atoms with Gasteiger partial charge < -0.3 is 4.74 Å². The molecule has 0 spiro atoms. The van der Waals surface area contributed by atoms with Crippen LogP contribution in [0.1, 0.15) is 31.7 Å². The van der Waals surface area contributed by atoms with E-state index in [-0.39, 0.29) is 29.4 Å². The number of hydrogen-bond acceptors (Lipinski definition) is 7. The molecule has 4 rings (SSSR count). The number of benzene rings is 2. The smallest absolute Gasteiger partial charge is 0.228 e. The van der Waals surface area contributed by atoms with Crippen LogP contribution in [0.4, 0.5) is 9.52 Å². The van der Waals surface area contributed by atoms with Crippen molar-refractivity contribution in [1.29, 1.82) is 0 Å². The van der Waals surface area contributed by atoms with Gasteiger partial charge in [0.1, 0.15) is 5.82 Å². The number of amides is 1. The predicted molar refractivity (Wildman–Crippen MR) is 141 cm³/mol. The van der Waals surface area contributed by atoms with E-state index in [2.05, 4.69) is 24.0 Å². The van der Waals surface area contributed by atoms with E-state index in [1.807, 2.05) is 6.07 Å². The van der Waals surface area contributed by atoms with Gasteiger partial charge >= 0.3 is 0 Å². The maximum absolute atomic E-state index is 13.3. The second-order valence-corrected chi connectivity index (χ2v) is 12.0. The van der Waals surface area contributed by atoms with Gasteiger partial charge in [0, 0.05) is 32.6 Å². The number of aromatic nitrogens is 1. The molecule has 0 unspecified atom stereocenters. The summed E-state index contributed by atoms with van der Waals surface area (Å²) in [5, 5.41) is 0.645. The first-order valence-corrected chi connectivity index (χ1v) is 14.8. The lowest BCUT2D eigenvalue weighted by atomic mass is 10.2. The Labute approximate surface area is 215 Å². The van der Waals surface area contributed by atoms with E-state index in [4.69, 9.17) is 9.72 Å². The first kappa shape index (κ1) is 26.7. The second-order valence-electron chi connectivity index (χ2n) is 8.88. The fourth-order valence-electron chi connectivity index (χ4n) is 4.20. The van der Waals surface area contributed by atoms with Crippen molar-refractivity contribution in [3.63, 3.8) is 0 Å². The minimum atomic E-state index is -3.59. The highest BCUT2D eigenvalue weighted by Gasteiger charge is 2.22. The summed E-state index contributed by atoms with van der Waals surface area (Å²) in [4.78, 5) is 22.1. The molecule has 3 aromatic rings. The van der Waals surface area contributed by atoms with E-state index in [1.165, 1.54) is 29.0 Å². The number of fused-ring (bicyclic) bond motifs is 1. The molecule has 1 amide bonds. The molecule has 2 aromatic carbocycles. The molecule has 194 valence electrons. The fraction of sp³-hybridized carbons (Fsp3) is 0.462. The summed E-state index contributed by atoms with van der Waals surface area (Å²) in [6.45, 7) is 6.70. The zero-order valence-corrected chi connectivity index (χ0v) is 22.1. The van der Waals surface area contributed by atoms with E-state index in [0.29, 0.717) is 11.7 Å². The maximum atomic E-state index is 13.3. The van der Waals surface area contributed by atoms with Crippen molar-refractivity contribution >= 4 is 42.4 Å². The molecule has 2 heterocycles. The first-order chi connectivity index (χ1) is 17.4. The third kappa shape index (κ3) is 6.88. The summed E-state index contributed by atoms with van der Waals surface area (Å²) in [7, 11) is -3.59. The number of carbonyl (C=O) groups excluding carboxylic acids is 1. The number of aryl methyl sites for hydroxylation is 1. The van der Waals surface area contributed by atoms with Crippen LogP contribution in [0.3, 0.4) is 0 Å². The van der Waals surface area contributed by atoms with Crippen LogP contribution in [0.5, 0.6) is 0 Å². The van der Waals surface area contributed by atoms with E-state index < -0.39 is 15.7 Å². The molecule has 1 aliphatic heterocycles.